The van der Waals surface area contributed by atoms with E-state index < -0.39 is 5.97 Å². The molecule has 0 atom stereocenters. The van der Waals surface area contributed by atoms with Gasteiger partial charge in [-0.25, -0.2) is 4.79 Å². The molecule has 6 nitrogen and oxygen atoms in total. The van der Waals surface area contributed by atoms with Gasteiger partial charge in [0.15, 0.2) is 0 Å². The molecule has 0 unspecified atom stereocenters. The van der Waals surface area contributed by atoms with Gasteiger partial charge in [-0.1, -0.05) is 26.0 Å². The molecule has 140 valence electrons. The van der Waals surface area contributed by atoms with Crippen LogP contribution in [0.1, 0.15) is 37.8 Å². The molecule has 3 aromatic rings. The summed E-state index contributed by atoms with van der Waals surface area (Å²) < 4.78 is 5.24. The number of phenolic OH excluding ortho intramolecular Hbond substituents is 1. The van der Waals surface area contributed by atoms with Crippen LogP contribution in [-0.2, 0) is 11.2 Å². The monoisotopic (exact) mass is 365 g/mol. The van der Waals surface area contributed by atoms with E-state index in [1.807, 2.05) is 19.1 Å². The second kappa shape index (κ2) is 7.61. The van der Waals surface area contributed by atoms with Gasteiger partial charge in [0, 0.05) is 11.6 Å². The number of hydrogen-bond donors (Lipinski definition) is 1. The number of phenols is 1. The first-order valence-electron chi connectivity index (χ1n) is 8.96. The molecule has 0 fully saturated rings. The summed E-state index contributed by atoms with van der Waals surface area (Å²) in [6.07, 6.45) is 2.86. The fourth-order valence-electron chi connectivity index (χ4n) is 2.80. The normalized spacial score (nSPS) is 10.9. The molecule has 0 saturated heterocycles. The van der Waals surface area contributed by atoms with Gasteiger partial charge >= 0.3 is 5.97 Å². The minimum atomic E-state index is -0.487. The maximum Gasteiger partial charge on any atom is 0.338 e. The smallest absolute Gasteiger partial charge is 0.338 e. The van der Waals surface area contributed by atoms with Crippen molar-refractivity contribution < 1.29 is 14.6 Å². The lowest BCUT2D eigenvalue weighted by molar-refractivity contribution is -0.130. The number of fused-ring (bicyclic) bond motifs is 1. The standard InChI is InChI=1S/C21H23N3O3/c1-5-6-7-15-10-14(4)11-19(20(15)25)24-22-17-9-8-16(12-18(17)23-24)27-21(26)13(2)3/h8-12,25H,2,5-7H2,1,3-4H3. The number of rotatable bonds is 6. The number of aromatic nitrogens is 3. The topological polar surface area (TPSA) is 77.2 Å². The Morgan fingerprint density at radius 2 is 1.96 bits per heavy atom. The number of nitrogens with zero attached hydrogens (tertiary/aromatic N) is 3. The van der Waals surface area contributed by atoms with E-state index in [0.29, 0.717) is 28.0 Å². The molecule has 0 spiro atoms. The summed E-state index contributed by atoms with van der Waals surface area (Å²) in [4.78, 5) is 13.1. The molecule has 0 aliphatic heterocycles. The molecule has 0 bridgehead atoms. The number of esters is 1. The molecule has 3 rings (SSSR count). The molecule has 0 amide bonds. The second-order valence-electron chi connectivity index (χ2n) is 6.71. The number of benzene rings is 2. The van der Waals surface area contributed by atoms with Crippen molar-refractivity contribution in [2.24, 2.45) is 0 Å². The first-order valence-corrected chi connectivity index (χ1v) is 8.96. The Bertz CT molecular complexity index is 1020. The highest BCUT2D eigenvalue weighted by atomic mass is 16.5. The SMILES string of the molecule is C=C(C)C(=O)Oc1ccc2nn(-c3cc(C)cc(CCCC)c3O)nc2c1. The zero-order chi connectivity index (χ0) is 19.6. The van der Waals surface area contributed by atoms with E-state index in [1.54, 1.807) is 25.1 Å². The molecule has 0 saturated carbocycles. The summed E-state index contributed by atoms with van der Waals surface area (Å²) in [6.45, 7) is 9.26. The number of carbonyl (C=O) groups excluding carboxylic acids is 1. The maximum atomic E-state index is 11.7. The Morgan fingerprint density at radius 1 is 1.22 bits per heavy atom. The van der Waals surface area contributed by atoms with Crippen LogP contribution in [0.15, 0.2) is 42.5 Å². The summed E-state index contributed by atoms with van der Waals surface area (Å²) in [5.41, 5.74) is 4.00. The lowest BCUT2D eigenvalue weighted by Gasteiger charge is -2.10. The maximum absolute atomic E-state index is 11.7. The molecule has 0 aliphatic carbocycles. The van der Waals surface area contributed by atoms with Crippen LogP contribution in [-0.4, -0.2) is 26.1 Å². The summed E-state index contributed by atoms with van der Waals surface area (Å²) in [5, 5.41) is 19.6. The third-order valence-corrected chi connectivity index (χ3v) is 4.24. The Morgan fingerprint density at radius 3 is 2.67 bits per heavy atom. The molecule has 1 N–H and O–H groups in total. The Labute approximate surface area is 158 Å². The lowest BCUT2D eigenvalue weighted by Crippen LogP contribution is -2.07. The van der Waals surface area contributed by atoms with Crippen molar-refractivity contribution in [1.82, 2.24) is 15.0 Å². The Hall–Kier alpha value is -3.15. The molecule has 1 heterocycles. The number of carbonyl (C=O) groups is 1. The van der Waals surface area contributed by atoms with Crippen LogP contribution in [0.2, 0.25) is 0 Å². The van der Waals surface area contributed by atoms with Crippen molar-refractivity contribution in [3.63, 3.8) is 0 Å². The van der Waals surface area contributed by atoms with Crippen molar-refractivity contribution in [2.45, 2.75) is 40.0 Å². The number of ether oxygens (including phenoxy) is 1. The summed E-state index contributed by atoms with van der Waals surface area (Å²) in [5.74, 6) is 0.0848. The van der Waals surface area contributed by atoms with E-state index in [2.05, 4.69) is 23.7 Å². The van der Waals surface area contributed by atoms with Gasteiger partial charge in [0.25, 0.3) is 0 Å². The van der Waals surface area contributed by atoms with E-state index in [1.165, 1.54) is 4.80 Å². The van der Waals surface area contributed by atoms with Crippen molar-refractivity contribution in [2.75, 3.05) is 0 Å². The predicted octanol–water partition coefficient (Wildman–Crippen LogP) is 4.26. The zero-order valence-corrected chi connectivity index (χ0v) is 15.8. The highest BCUT2D eigenvalue weighted by Crippen LogP contribution is 2.29. The van der Waals surface area contributed by atoms with Crippen LogP contribution >= 0.6 is 0 Å². The van der Waals surface area contributed by atoms with E-state index in [-0.39, 0.29) is 5.75 Å². The minimum absolute atomic E-state index is 0.197. The average Bonchev–Trinajstić information content (AvgIpc) is 3.05. The minimum Gasteiger partial charge on any atom is -0.505 e. The summed E-state index contributed by atoms with van der Waals surface area (Å²) >= 11 is 0. The first-order chi connectivity index (χ1) is 12.9. The molecule has 0 radical (unpaired) electrons. The molecule has 2 aromatic carbocycles. The zero-order valence-electron chi connectivity index (χ0n) is 15.8. The first kappa shape index (κ1) is 18.6. The van der Waals surface area contributed by atoms with Gasteiger partial charge in [0.2, 0.25) is 0 Å². The van der Waals surface area contributed by atoms with Gasteiger partial charge in [-0.3, -0.25) is 0 Å². The van der Waals surface area contributed by atoms with Crippen LogP contribution in [0.3, 0.4) is 0 Å². The van der Waals surface area contributed by atoms with Gasteiger partial charge in [-0.2, -0.15) is 0 Å². The number of unbranched alkanes of at least 4 members (excludes halogenated alkanes) is 1. The fourth-order valence-corrected chi connectivity index (χ4v) is 2.80. The Kier molecular flexibility index (Phi) is 5.26. The van der Waals surface area contributed by atoms with E-state index >= 15 is 0 Å². The van der Waals surface area contributed by atoms with Gasteiger partial charge in [-0.15, -0.1) is 15.0 Å². The van der Waals surface area contributed by atoms with Gasteiger partial charge in [0.05, 0.1) is 0 Å². The van der Waals surface area contributed by atoms with Crippen LogP contribution < -0.4 is 4.74 Å². The highest BCUT2D eigenvalue weighted by Gasteiger charge is 2.14. The third-order valence-electron chi connectivity index (χ3n) is 4.24. The predicted molar refractivity (Wildman–Crippen MR) is 104 cm³/mol. The van der Waals surface area contributed by atoms with Crippen molar-refractivity contribution >= 4 is 17.0 Å². The fraction of sp³-hybridized carbons (Fsp3) is 0.286. The highest BCUT2D eigenvalue weighted by molar-refractivity contribution is 5.89. The summed E-state index contributed by atoms with van der Waals surface area (Å²) in [7, 11) is 0. The van der Waals surface area contributed by atoms with Crippen molar-refractivity contribution in [3.05, 3.63) is 53.6 Å². The van der Waals surface area contributed by atoms with Gasteiger partial charge < -0.3 is 9.84 Å². The quantitative estimate of drug-likeness (QED) is 0.401. The molecule has 0 aliphatic rings. The van der Waals surface area contributed by atoms with Gasteiger partial charge in [-0.05, 0) is 56.0 Å². The number of hydrogen-bond acceptors (Lipinski definition) is 5. The lowest BCUT2D eigenvalue weighted by atomic mass is 10.0. The molecule has 6 heteroatoms. The second-order valence-corrected chi connectivity index (χ2v) is 6.71. The molecular formula is C21H23N3O3. The van der Waals surface area contributed by atoms with Crippen LogP contribution in [0.25, 0.3) is 16.7 Å². The molecule has 27 heavy (non-hydrogen) atoms. The Balaban J connectivity index is 1.99. The van der Waals surface area contributed by atoms with Gasteiger partial charge in [0.1, 0.15) is 28.2 Å². The average molecular weight is 365 g/mol. The largest absolute Gasteiger partial charge is 0.505 e. The molecular weight excluding hydrogens is 342 g/mol. The number of aromatic hydroxyl groups is 1. The van der Waals surface area contributed by atoms with E-state index in [9.17, 15) is 9.90 Å². The summed E-state index contributed by atoms with van der Waals surface area (Å²) in [6, 6.07) is 8.87. The molecule has 1 aromatic heterocycles. The van der Waals surface area contributed by atoms with Crippen LogP contribution in [0.4, 0.5) is 0 Å². The number of aryl methyl sites for hydroxylation is 2. The van der Waals surface area contributed by atoms with Crippen molar-refractivity contribution in [1.29, 1.82) is 0 Å². The third kappa shape index (κ3) is 4.00. The van der Waals surface area contributed by atoms with Crippen LogP contribution in [0, 0.1) is 6.92 Å². The van der Waals surface area contributed by atoms with E-state index in [4.69, 9.17) is 4.74 Å². The van der Waals surface area contributed by atoms with Crippen molar-refractivity contribution in [3.8, 4) is 17.2 Å². The van der Waals surface area contributed by atoms with E-state index in [0.717, 1.165) is 30.4 Å². The van der Waals surface area contributed by atoms with Crippen LogP contribution in [0.5, 0.6) is 11.5 Å².